The molecule has 0 aliphatic rings. The summed E-state index contributed by atoms with van der Waals surface area (Å²) in [5.41, 5.74) is 0.573. The molecule has 0 aliphatic heterocycles. The number of aromatic carboxylic acids is 1. The van der Waals surface area contributed by atoms with Crippen LogP contribution < -0.4 is 4.72 Å². The third kappa shape index (κ3) is 3.67. The molecule has 21 heavy (non-hydrogen) atoms. The van der Waals surface area contributed by atoms with E-state index >= 15 is 0 Å². The van der Waals surface area contributed by atoms with E-state index in [0.29, 0.717) is 5.56 Å². The second-order valence-electron chi connectivity index (χ2n) is 4.20. The summed E-state index contributed by atoms with van der Waals surface area (Å²) >= 11 is 0.834. The summed E-state index contributed by atoms with van der Waals surface area (Å²) in [5.74, 6) is -1.30. The molecule has 6 nitrogen and oxygen atoms in total. The molecule has 0 radical (unpaired) electrons. The Kier molecular flexibility index (Phi) is 4.73. The molecule has 1 atom stereocenters. The van der Waals surface area contributed by atoms with Crippen LogP contribution in [0.25, 0.3) is 0 Å². The van der Waals surface area contributed by atoms with Gasteiger partial charge in [0.2, 0.25) is 10.0 Å². The van der Waals surface area contributed by atoms with Gasteiger partial charge in [-0.3, -0.25) is 0 Å². The lowest BCUT2D eigenvalue weighted by atomic mass is 10.1. The molecule has 0 bridgehead atoms. The Morgan fingerprint density at radius 2 is 1.90 bits per heavy atom. The lowest BCUT2D eigenvalue weighted by molar-refractivity contribution is 0.0698. The van der Waals surface area contributed by atoms with E-state index in [0.717, 1.165) is 11.3 Å². The van der Waals surface area contributed by atoms with Gasteiger partial charge >= 0.3 is 5.97 Å². The maximum absolute atomic E-state index is 12.1. The average Bonchev–Trinajstić information content (AvgIpc) is 2.96. The first-order valence-electron chi connectivity index (χ1n) is 5.95. The lowest BCUT2D eigenvalue weighted by Crippen LogP contribution is -2.29. The fraction of sp³-hybridized carbons (Fsp3) is 0.154. The normalized spacial score (nSPS) is 13.0. The zero-order valence-corrected chi connectivity index (χ0v) is 12.4. The zero-order chi connectivity index (χ0) is 15.5. The van der Waals surface area contributed by atoms with E-state index in [1.165, 1.54) is 11.4 Å². The van der Waals surface area contributed by atoms with E-state index in [4.69, 9.17) is 5.11 Å². The average molecular weight is 327 g/mol. The highest BCUT2D eigenvalue weighted by molar-refractivity contribution is 7.89. The first kappa shape index (κ1) is 15.6. The summed E-state index contributed by atoms with van der Waals surface area (Å²) in [6, 6.07) is 9.82. The number of aliphatic hydroxyl groups is 1. The number of hydrogen-bond donors (Lipinski definition) is 3. The van der Waals surface area contributed by atoms with Crippen molar-refractivity contribution in [2.45, 2.75) is 11.0 Å². The van der Waals surface area contributed by atoms with Crippen LogP contribution in [0.4, 0.5) is 0 Å². The monoisotopic (exact) mass is 327 g/mol. The molecule has 1 aromatic carbocycles. The summed E-state index contributed by atoms with van der Waals surface area (Å²) in [4.78, 5) is 10.4. The standard InChI is InChI=1S/C13H13NO5S2/c15-10(9-4-2-1-3-5-9)8-14-21(18,19)11-6-7-20-12(11)13(16)17/h1-7,10,14-15H,8H2,(H,16,17)/t10-/m1/s1. The van der Waals surface area contributed by atoms with Crippen molar-refractivity contribution >= 4 is 27.3 Å². The van der Waals surface area contributed by atoms with Crippen LogP contribution in [0.2, 0.25) is 0 Å². The molecule has 0 aliphatic carbocycles. The first-order chi connectivity index (χ1) is 9.92. The molecule has 0 spiro atoms. The van der Waals surface area contributed by atoms with Crippen molar-refractivity contribution in [3.63, 3.8) is 0 Å². The molecule has 1 heterocycles. The van der Waals surface area contributed by atoms with Gasteiger partial charge in [-0.15, -0.1) is 11.3 Å². The fourth-order valence-electron chi connectivity index (χ4n) is 1.72. The molecule has 8 heteroatoms. The van der Waals surface area contributed by atoms with Crippen LogP contribution in [0.15, 0.2) is 46.7 Å². The van der Waals surface area contributed by atoms with E-state index in [1.807, 2.05) is 0 Å². The predicted molar refractivity (Wildman–Crippen MR) is 77.9 cm³/mol. The third-order valence-corrected chi connectivity index (χ3v) is 5.26. The Morgan fingerprint density at radius 1 is 1.24 bits per heavy atom. The first-order valence-corrected chi connectivity index (χ1v) is 8.31. The van der Waals surface area contributed by atoms with E-state index in [9.17, 15) is 18.3 Å². The molecule has 0 amide bonds. The van der Waals surface area contributed by atoms with Crippen LogP contribution in [0.5, 0.6) is 0 Å². The summed E-state index contributed by atoms with van der Waals surface area (Å²) < 4.78 is 26.4. The van der Waals surface area contributed by atoms with E-state index in [-0.39, 0.29) is 16.3 Å². The summed E-state index contributed by atoms with van der Waals surface area (Å²) in [5, 5.41) is 20.3. The van der Waals surface area contributed by atoms with Crippen molar-refractivity contribution in [3.8, 4) is 0 Å². The maximum Gasteiger partial charge on any atom is 0.347 e. The van der Waals surface area contributed by atoms with Crippen molar-refractivity contribution in [3.05, 3.63) is 52.2 Å². The smallest absolute Gasteiger partial charge is 0.347 e. The van der Waals surface area contributed by atoms with Crippen LogP contribution in [0, 0.1) is 0 Å². The molecule has 112 valence electrons. The van der Waals surface area contributed by atoms with Gasteiger partial charge in [0.25, 0.3) is 0 Å². The van der Waals surface area contributed by atoms with Crippen molar-refractivity contribution in [2.24, 2.45) is 0 Å². The fourth-order valence-corrected chi connectivity index (χ4v) is 4.02. The minimum absolute atomic E-state index is 0.235. The van der Waals surface area contributed by atoms with Gasteiger partial charge in [-0.25, -0.2) is 17.9 Å². The number of benzene rings is 1. The molecular weight excluding hydrogens is 314 g/mol. The number of thiophene rings is 1. The van der Waals surface area contributed by atoms with Gasteiger partial charge in [0.05, 0.1) is 6.10 Å². The van der Waals surface area contributed by atoms with Crippen molar-refractivity contribution < 1.29 is 23.4 Å². The predicted octanol–water partition coefficient (Wildman–Crippen LogP) is 1.46. The van der Waals surface area contributed by atoms with Crippen LogP contribution in [0.3, 0.4) is 0 Å². The largest absolute Gasteiger partial charge is 0.477 e. The lowest BCUT2D eigenvalue weighted by Gasteiger charge is -2.12. The highest BCUT2D eigenvalue weighted by Crippen LogP contribution is 2.22. The third-order valence-electron chi connectivity index (χ3n) is 2.76. The quantitative estimate of drug-likeness (QED) is 0.745. The molecule has 2 rings (SSSR count). The zero-order valence-electron chi connectivity index (χ0n) is 10.8. The van der Waals surface area contributed by atoms with Crippen LogP contribution in [0.1, 0.15) is 21.3 Å². The van der Waals surface area contributed by atoms with E-state index in [2.05, 4.69) is 4.72 Å². The molecule has 0 unspecified atom stereocenters. The number of rotatable bonds is 6. The van der Waals surface area contributed by atoms with Crippen molar-refractivity contribution in [1.82, 2.24) is 4.72 Å². The van der Waals surface area contributed by atoms with Crippen molar-refractivity contribution in [2.75, 3.05) is 6.54 Å². The van der Waals surface area contributed by atoms with Gasteiger partial charge in [0.1, 0.15) is 9.77 Å². The van der Waals surface area contributed by atoms with Crippen LogP contribution >= 0.6 is 11.3 Å². The number of aliphatic hydroxyl groups excluding tert-OH is 1. The highest BCUT2D eigenvalue weighted by atomic mass is 32.2. The number of carboxylic acids is 1. The van der Waals surface area contributed by atoms with E-state index in [1.54, 1.807) is 30.3 Å². The Morgan fingerprint density at radius 3 is 2.52 bits per heavy atom. The Balaban J connectivity index is 2.12. The minimum atomic E-state index is -3.98. The van der Waals surface area contributed by atoms with Gasteiger partial charge in [-0.05, 0) is 17.0 Å². The van der Waals surface area contributed by atoms with Gasteiger partial charge < -0.3 is 10.2 Å². The molecule has 1 aromatic heterocycles. The van der Waals surface area contributed by atoms with Gasteiger partial charge in [0.15, 0.2) is 0 Å². The molecule has 0 saturated carbocycles. The van der Waals surface area contributed by atoms with Gasteiger partial charge in [-0.2, -0.15) is 0 Å². The Labute approximate surface area is 125 Å². The van der Waals surface area contributed by atoms with Crippen LogP contribution in [-0.2, 0) is 10.0 Å². The Hall–Kier alpha value is -1.74. The number of nitrogens with one attached hydrogen (secondary N) is 1. The molecule has 2 aromatic rings. The van der Waals surface area contributed by atoms with Crippen LogP contribution in [-0.4, -0.2) is 31.1 Å². The summed E-state index contributed by atoms with van der Waals surface area (Å²) in [6.45, 7) is -0.235. The molecule has 0 saturated heterocycles. The molecule has 3 N–H and O–H groups in total. The number of carboxylic acid groups (broad SMARTS) is 1. The summed E-state index contributed by atoms with van der Waals surface area (Å²) in [7, 11) is -3.98. The SMILES string of the molecule is O=C(O)c1sccc1S(=O)(=O)NC[C@@H](O)c1ccccc1. The van der Waals surface area contributed by atoms with Crippen molar-refractivity contribution in [1.29, 1.82) is 0 Å². The summed E-state index contributed by atoms with van der Waals surface area (Å²) in [6.07, 6.45) is -1.01. The van der Waals surface area contributed by atoms with E-state index < -0.39 is 22.1 Å². The second kappa shape index (κ2) is 6.35. The maximum atomic E-state index is 12.1. The minimum Gasteiger partial charge on any atom is -0.477 e. The highest BCUT2D eigenvalue weighted by Gasteiger charge is 2.24. The number of carbonyl (C=O) groups is 1. The second-order valence-corrected chi connectivity index (χ2v) is 6.85. The number of hydrogen-bond acceptors (Lipinski definition) is 5. The van der Waals surface area contributed by atoms with Gasteiger partial charge in [-0.1, -0.05) is 30.3 Å². The Bertz CT molecular complexity index is 724. The molecule has 0 fully saturated rings. The molecular formula is C13H13NO5S2. The topological polar surface area (TPSA) is 104 Å². The van der Waals surface area contributed by atoms with Gasteiger partial charge in [0, 0.05) is 6.54 Å². The number of sulfonamides is 1.